The SMILES string of the molecule is CC(N)CN1CCOc2cc(Br)c(Cl)cc21. The Balaban J connectivity index is 2.34. The van der Waals surface area contributed by atoms with Crippen molar-refractivity contribution in [3.63, 3.8) is 0 Å². The van der Waals surface area contributed by atoms with E-state index in [2.05, 4.69) is 20.8 Å². The van der Waals surface area contributed by atoms with Crippen molar-refractivity contribution in [1.29, 1.82) is 0 Å². The van der Waals surface area contributed by atoms with Crippen LogP contribution in [-0.2, 0) is 0 Å². The molecular formula is C11H14BrClN2O. The Bertz CT molecular complexity index is 398. The van der Waals surface area contributed by atoms with Crippen LogP contribution in [0.4, 0.5) is 5.69 Å². The molecule has 1 atom stereocenters. The molecule has 5 heteroatoms. The molecule has 0 aromatic heterocycles. The zero-order valence-electron chi connectivity index (χ0n) is 9.04. The Hall–Kier alpha value is -0.450. The van der Waals surface area contributed by atoms with Gasteiger partial charge in [0.05, 0.1) is 17.3 Å². The number of hydrogen-bond donors (Lipinski definition) is 1. The molecule has 16 heavy (non-hydrogen) atoms. The molecule has 1 aromatic rings. The van der Waals surface area contributed by atoms with Crippen molar-refractivity contribution in [3.05, 3.63) is 21.6 Å². The lowest BCUT2D eigenvalue weighted by molar-refractivity contribution is 0.306. The lowest BCUT2D eigenvalue weighted by Crippen LogP contribution is -2.40. The van der Waals surface area contributed by atoms with Crippen LogP contribution in [0.1, 0.15) is 6.92 Å². The van der Waals surface area contributed by atoms with E-state index in [1.165, 1.54) is 0 Å². The minimum Gasteiger partial charge on any atom is -0.490 e. The molecule has 3 nitrogen and oxygen atoms in total. The average molecular weight is 306 g/mol. The fourth-order valence-electron chi connectivity index (χ4n) is 1.80. The molecule has 1 unspecified atom stereocenters. The molecule has 0 bridgehead atoms. The highest BCUT2D eigenvalue weighted by atomic mass is 79.9. The van der Waals surface area contributed by atoms with Gasteiger partial charge in [-0.05, 0) is 35.0 Å². The van der Waals surface area contributed by atoms with Gasteiger partial charge in [0.2, 0.25) is 0 Å². The Morgan fingerprint density at radius 1 is 1.62 bits per heavy atom. The summed E-state index contributed by atoms with van der Waals surface area (Å²) < 4.78 is 6.46. The van der Waals surface area contributed by atoms with Gasteiger partial charge in [-0.2, -0.15) is 0 Å². The van der Waals surface area contributed by atoms with Gasteiger partial charge >= 0.3 is 0 Å². The standard InChI is InChI=1S/C11H14BrClN2O/c1-7(14)6-15-2-3-16-11-4-8(12)9(13)5-10(11)15/h4-5,7H,2-3,6,14H2,1H3. The summed E-state index contributed by atoms with van der Waals surface area (Å²) in [7, 11) is 0. The van der Waals surface area contributed by atoms with Crippen molar-refractivity contribution in [2.24, 2.45) is 5.73 Å². The maximum absolute atomic E-state index is 6.09. The zero-order valence-corrected chi connectivity index (χ0v) is 11.4. The summed E-state index contributed by atoms with van der Waals surface area (Å²) in [6.45, 7) is 4.35. The van der Waals surface area contributed by atoms with Crippen LogP contribution in [0, 0.1) is 0 Å². The van der Waals surface area contributed by atoms with Crippen LogP contribution in [0.25, 0.3) is 0 Å². The van der Waals surface area contributed by atoms with E-state index in [1.54, 1.807) is 0 Å². The maximum Gasteiger partial charge on any atom is 0.143 e. The number of ether oxygens (including phenoxy) is 1. The lowest BCUT2D eigenvalue weighted by atomic mass is 10.2. The fraction of sp³-hybridized carbons (Fsp3) is 0.455. The van der Waals surface area contributed by atoms with Crippen LogP contribution < -0.4 is 15.4 Å². The summed E-state index contributed by atoms with van der Waals surface area (Å²) in [5.41, 5.74) is 6.85. The summed E-state index contributed by atoms with van der Waals surface area (Å²) in [5.74, 6) is 0.864. The highest BCUT2D eigenvalue weighted by molar-refractivity contribution is 9.10. The molecule has 2 rings (SSSR count). The van der Waals surface area contributed by atoms with E-state index in [0.717, 1.165) is 29.0 Å². The normalized spacial score (nSPS) is 16.6. The molecule has 1 aromatic carbocycles. The highest BCUT2D eigenvalue weighted by Crippen LogP contribution is 2.38. The zero-order chi connectivity index (χ0) is 11.7. The van der Waals surface area contributed by atoms with Gasteiger partial charge in [-0.1, -0.05) is 11.6 Å². The van der Waals surface area contributed by atoms with Gasteiger partial charge in [0, 0.05) is 17.1 Å². The first-order valence-electron chi connectivity index (χ1n) is 5.20. The monoisotopic (exact) mass is 304 g/mol. The second-order valence-electron chi connectivity index (χ2n) is 4.01. The van der Waals surface area contributed by atoms with Crippen molar-refractivity contribution in [3.8, 4) is 5.75 Å². The minimum atomic E-state index is 0.133. The second-order valence-corrected chi connectivity index (χ2v) is 5.27. The van der Waals surface area contributed by atoms with E-state index in [-0.39, 0.29) is 6.04 Å². The number of halogens is 2. The van der Waals surface area contributed by atoms with Crippen molar-refractivity contribution >= 4 is 33.2 Å². The van der Waals surface area contributed by atoms with Gasteiger partial charge in [0.15, 0.2) is 0 Å². The number of fused-ring (bicyclic) bond motifs is 1. The molecule has 0 spiro atoms. The molecule has 0 radical (unpaired) electrons. The molecule has 0 amide bonds. The average Bonchev–Trinajstić information content (AvgIpc) is 2.20. The molecule has 0 fully saturated rings. The van der Waals surface area contributed by atoms with E-state index in [9.17, 15) is 0 Å². The van der Waals surface area contributed by atoms with Gasteiger partial charge in [-0.15, -0.1) is 0 Å². The quantitative estimate of drug-likeness (QED) is 0.913. The third-order valence-corrected chi connectivity index (χ3v) is 3.67. The van der Waals surface area contributed by atoms with Crippen LogP contribution in [-0.4, -0.2) is 25.7 Å². The predicted molar refractivity (Wildman–Crippen MR) is 70.5 cm³/mol. The summed E-state index contributed by atoms with van der Waals surface area (Å²) in [6.07, 6.45) is 0. The summed E-state index contributed by atoms with van der Waals surface area (Å²) in [6, 6.07) is 3.96. The third kappa shape index (κ3) is 2.44. The van der Waals surface area contributed by atoms with Gasteiger partial charge in [0.1, 0.15) is 12.4 Å². The number of anilines is 1. The largest absolute Gasteiger partial charge is 0.490 e. The van der Waals surface area contributed by atoms with Gasteiger partial charge in [0.25, 0.3) is 0 Å². The summed E-state index contributed by atoms with van der Waals surface area (Å²) in [4.78, 5) is 2.21. The molecule has 1 aliphatic heterocycles. The van der Waals surface area contributed by atoms with Crippen LogP contribution in [0.15, 0.2) is 16.6 Å². The Kier molecular flexibility index (Phi) is 3.62. The Labute approximate surface area is 109 Å². The van der Waals surface area contributed by atoms with Gasteiger partial charge in [-0.3, -0.25) is 0 Å². The predicted octanol–water partition coefficient (Wildman–Crippen LogP) is 2.65. The molecule has 0 aliphatic carbocycles. The van der Waals surface area contributed by atoms with E-state index in [4.69, 9.17) is 22.1 Å². The summed E-state index contributed by atoms with van der Waals surface area (Å²) >= 11 is 9.48. The van der Waals surface area contributed by atoms with Crippen LogP contribution in [0.3, 0.4) is 0 Å². The first-order valence-corrected chi connectivity index (χ1v) is 6.37. The molecular weight excluding hydrogens is 291 g/mol. The first kappa shape index (κ1) is 12.0. The molecule has 88 valence electrons. The van der Waals surface area contributed by atoms with E-state index in [0.29, 0.717) is 11.6 Å². The highest BCUT2D eigenvalue weighted by Gasteiger charge is 2.20. The fourth-order valence-corrected chi connectivity index (χ4v) is 2.28. The van der Waals surface area contributed by atoms with Crippen molar-refractivity contribution < 1.29 is 4.74 Å². The topological polar surface area (TPSA) is 38.5 Å². The minimum absolute atomic E-state index is 0.133. The molecule has 1 aliphatic rings. The van der Waals surface area contributed by atoms with E-state index >= 15 is 0 Å². The van der Waals surface area contributed by atoms with E-state index < -0.39 is 0 Å². The smallest absolute Gasteiger partial charge is 0.143 e. The number of rotatable bonds is 2. The summed E-state index contributed by atoms with van der Waals surface area (Å²) in [5, 5.41) is 0.693. The van der Waals surface area contributed by atoms with Gasteiger partial charge < -0.3 is 15.4 Å². The molecule has 2 N–H and O–H groups in total. The maximum atomic E-state index is 6.09. The Morgan fingerprint density at radius 3 is 3.06 bits per heavy atom. The van der Waals surface area contributed by atoms with Crippen molar-refractivity contribution in [1.82, 2.24) is 0 Å². The molecule has 0 saturated carbocycles. The van der Waals surface area contributed by atoms with Crippen molar-refractivity contribution in [2.75, 3.05) is 24.6 Å². The number of benzene rings is 1. The number of hydrogen-bond acceptors (Lipinski definition) is 3. The van der Waals surface area contributed by atoms with Gasteiger partial charge in [-0.25, -0.2) is 0 Å². The lowest BCUT2D eigenvalue weighted by Gasteiger charge is -2.32. The number of nitrogens with two attached hydrogens (primary N) is 1. The number of nitrogens with zero attached hydrogens (tertiary/aromatic N) is 1. The van der Waals surface area contributed by atoms with Crippen molar-refractivity contribution in [2.45, 2.75) is 13.0 Å². The van der Waals surface area contributed by atoms with Crippen LogP contribution in [0.2, 0.25) is 5.02 Å². The third-order valence-electron chi connectivity index (χ3n) is 2.47. The Morgan fingerprint density at radius 2 is 2.38 bits per heavy atom. The molecule has 0 saturated heterocycles. The van der Waals surface area contributed by atoms with E-state index in [1.807, 2.05) is 19.1 Å². The second kappa shape index (κ2) is 4.82. The van der Waals surface area contributed by atoms with Crippen LogP contribution in [0.5, 0.6) is 5.75 Å². The first-order chi connectivity index (χ1) is 7.58. The molecule has 1 heterocycles. The van der Waals surface area contributed by atoms with Crippen LogP contribution >= 0.6 is 27.5 Å².